The minimum Gasteiger partial charge on any atom is -0.497 e. The molecule has 1 aliphatic heterocycles. The number of nitrogens with zero attached hydrogens (tertiary/aromatic N) is 3. The summed E-state index contributed by atoms with van der Waals surface area (Å²) in [6.07, 6.45) is 2.83. The molecular weight excluding hydrogens is 332 g/mol. The van der Waals surface area contributed by atoms with E-state index in [1.807, 2.05) is 29.2 Å². The van der Waals surface area contributed by atoms with Gasteiger partial charge in [-0.05, 0) is 43.7 Å². The van der Waals surface area contributed by atoms with Crippen LogP contribution in [0.3, 0.4) is 0 Å². The quantitative estimate of drug-likeness (QED) is 0.780. The highest BCUT2D eigenvalue weighted by Crippen LogP contribution is 2.20. The van der Waals surface area contributed by atoms with Gasteiger partial charge < -0.3 is 19.5 Å². The lowest BCUT2D eigenvalue weighted by atomic mass is 10.1. The van der Waals surface area contributed by atoms with E-state index < -0.39 is 0 Å². The maximum absolute atomic E-state index is 12.6. The third-order valence-electron chi connectivity index (χ3n) is 4.63. The lowest BCUT2D eigenvalue weighted by molar-refractivity contribution is -0.133. The van der Waals surface area contributed by atoms with Crippen LogP contribution in [0.2, 0.25) is 0 Å². The molecule has 1 N–H and O–H groups in total. The molecule has 2 aromatic rings. The van der Waals surface area contributed by atoms with E-state index in [0.717, 1.165) is 43.8 Å². The minimum atomic E-state index is 0.157. The summed E-state index contributed by atoms with van der Waals surface area (Å²) >= 11 is 0. The molecule has 1 saturated heterocycles. The summed E-state index contributed by atoms with van der Waals surface area (Å²) in [7, 11) is 1.63. The van der Waals surface area contributed by atoms with Crippen LogP contribution in [0.1, 0.15) is 32.1 Å². The van der Waals surface area contributed by atoms with Gasteiger partial charge >= 0.3 is 0 Å². The van der Waals surface area contributed by atoms with Crippen LogP contribution in [0.25, 0.3) is 11.4 Å². The Morgan fingerprint density at radius 2 is 2.19 bits per heavy atom. The topological polar surface area (TPSA) is 80.5 Å². The van der Waals surface area contributed by atoms with E-state index in [-0.39, 0.29) is 5.91 Å². The number of rotatable bonds is 8. The highest BCUT2D eigenvalue weighted by Gasteiger charge is 2.25. The molecule has 1 aliphatic rings. The zero-order chi connectivity index (χ0) is 18.4. The number of hydrogen-bond donors (Lipinski definition) is 1. The van der Waals surface area contributed by atoms with Crippen molar-refractivity contribution in [3.63, 3.8) is 0 Å². The minimum absolute atomic E-state index is 0.157. The molecule has 7 heteroatoms. The van der Waals surface area contributed by atoms with Crippen LogP contribution in [0.5, 0.6) is 5.75 Å². The van der Waals surface area contributed by atoms with Crippen LogP contribution in [0, 0.1) is 0 Å². The Morgan fingerprint density at radius 1 is 1.38 bits per heavy atom. The van der Waals surface area contributed by atoms with Gasteiger partial charge in [0, 0.05) is 37.5 Å². The Labute approximate surface area is 153 Å². The summed E-state index contributed by atoms with van der Waals surface area (Å²) in [4.78, 5) is 19.0. The predicted octanol–water partition coefficient (Wildman–Crippen LogP) is 2.28. The number of carbonyl (C=O) groups is 1. The fourth-order valence-electron chi connectivity index (χ4n) is 3.23. The van der Waals surface area contributed by atoms with E-state index >= 15 is 0 Å². The smallest absolute Gasteiger partial charge is 0.227 e. The molecule has 0 saturated carbocycles. The SMILES string of the molecule is CCCN(C(=O)CCc1nc(-c2ccc(OC)cc2)no1)C1CCNC1. The Bertz CT molecular complexity index is 708. The van der Waals surface area contributed by atoms with Crippen LogP contribution in [-0.4, -0.2) is 53.7 Å². The summed E-state index contributed by atoms with van der Waals surface area (Å²) < 4.78 is 10.5. The second-order valence-corrected chi connectivity index (χ2v) is 6.47. The maximum atomic E-state index is 12.6. The number of methoxy groups -OCH3 is 1. The maximum Gasteiger partial charge on any atom is 0.227 e. The molecule has 0 radical (unpaired) electrons. The molecule has 1 amide bonds. The number of benzene rings is 1. The van der Waals surface area contributed by atoms with Gasteiger partial charge in [-0.1, -0.05) is 12.1 Å². The Hall–Kier alpha value is -2.41. The number of nitrogens with one attached hydrogen (secondary N) is 1. The molecule has 0 bridgehead atoms. The second kappa shape index (κ2) is 8.80. The average Bonchev–Trinajstić information content (AvgIpc) is 3.36. The number of amides is 1. The summed E-state index contributed by atoms with van der Waals surface area (Å²) in [5.74, 6) is 1.95. The molecule has 26 heavy (non-hydrogen) atoms. The Balaban J connectivity index is 1.58. The number of aromatic nitrogens is 2. The van der Waals surface area contributed by atoms with Crippen LogP contribution in [0.4, 0.5) is 0 Å². The van der Waals surface area contributed by atoms with Crippen LogP contribution < -0.4 is 10.1 Å². The van der Waals surface area contributed by atoms with Crippen molar-refractivity contribution in [2.75, 3.05) is 26.7 Å². The zero-order valence-electron chi connectivity index (χ0n) is 15.4. The highest BCUT2D eigenvalue weighted by molar-refractivity contribution is 5.76. The molecule has 0 spiro atoms. The molecule has 3 rings (SSSR count). The Kier molecular flexibility index (Phi) is 6.22. The van der Waals surface area contributed by atoms with Gasteiger partial charge in [0.2, 0.25) is 17.6 Å². The first kappa shape index (κ1) is 18.4. The molecule has 140 valence electrons. The van der Waals surface area contributed by atoms with E-state index in [0.29, 0.717) is 30.6 Å². The van der Waals surface area contributed by atoms with Crippen molar-refractivity contribution in [1.29, 1.82) is 0 Å². The lowest BCUT2D eigenvalue weighted by Crippen LogP contribution is -2.42. The van der Waals surface area contributed by atoms with E-state index in [1.165, 1.54) is 0 Å². The first-order chi connectivity index (χ1) is 12.7. The monoisotopic (exact) mass is 358 g/mol. The third kappa shape index (κ3) is 4.40. The molecule has 7 nitrogen and oxygen atoms in total. The normalized spacial score (nSPS) is 16.6. The van der Waals surface area contributed by atoms with Crippen molar-refractivity contribution in [2.24, 2.45) is 0 Å². The highest BCUT2D eigenvalue weighted by atomic mass is 16.5. The molecular formula is C19H26N4O3. The first-order valence-corrected chi connectivity index (χ1v) is 9.18. The summed E-state index contributed by atoms with van der Waals surface area (Å²) in [6, 6.07) is 7.78. The van der Waals surface area contributed by atoms with Crippen LogP contribution in [-0.2, 0) is 11.2 Å². The molecule has 1 unspecified atom stereocenters. The van der Waals surface area contributed by atoms with E-state index in [1.54, 1.807) is 7.11 Å². The first-order valence-electron chi connectivity index (χ1n) is 9.18. The molecule has 1 fully saturated rings. The molecule has 1 aromatic carbocycles. The van der Waals surface area contributed by atoms with Crippen molar-refractivity contribution in [1.82, 2.24) is 20.4 Å². The summed E-state index contributed by atoms with van der Waals surface area (Å²) in [6.45, 7) is 4.76. The fourth-order valence-corrected chi connectivity index (χ4v) is 3.23. The van der Waals surface area contributed by atoms with Gasteiger partial charge in [0.1, 0.15) is 5.75 Å². The van der Waals surface area contributed by atoms with Crippen molar-refractivity contribution in [3.8, 4) is 17.1 Å². The van der Waals surface area contributed by atoms with Gasteiger partial charge in [0.25, 0.3) is 0 Å². The summed E-state index contributed by atoms with van der Waals surface area (Å²) in [5, 5.41) is 7.34. The number of ether oxygens (including phenoxy) is 1. The van der Waals surface area contributed by atoms with Crippen molar-refractivity contribution < 1.29 is 14.1 Å². The summed E-state index contributed by atoms with van der Waals surface area (Å²) in [5.41, 5.74) is 0.858. The average molecular weight is 358 g/mol. The van der Waals surface area contributed by atoms with Crippen molar-refractivity contribution >= 4 is 5.91 Å². The van der Waals surface area contributed by atoms with E-state index in [9.17, 15) is 4.79 Å². The third-order valence-corrected chi connectivity index (χ3v) is 4.63. The number of carbonyl (C=O) groups excluding carboxylic acids is 1. The van der Waals surface area contributed by atoms with E-state index in [2.05, 4.69) is 22.4 Å². The van der Waals surface area contributed by atoms with Crippen molar-refractivity contribution in [3.05, 3.63) is 30.2 Å². The van der Waals surface area contributed by atoms with Gasteiger partial charge in [0.15, 0.2) is 0 Å². The molecule has 0 aliphatic carbocycles. The van der Waals surface area contributed by atoms with Gasteiger partial charge in [-0.15, -0.1) is 0 Å². The van der Waals surface area contributed by atoms with Gasteiger partial charge in [0.05, 0.1) is 7.11 Å². The molecule has 2 heterocycles. The molecule has 1 atom stereocenters. The van der Waals surface area contributed by atoms with E-state index in [4.69, 9.17) is 9.26 Å². The second-order valence-electron chi connectivity index (χ2n) is 6.47. The van der Waals surface area contributed by atoms with Gasteiger partial charge in [-0.2, -0.15) is 4.98 Å². The number of aryl methyl sites for hydroxylation is 1. The van der Waals surface area contributed by atoms with Gasteiger partial charge in [-0.3, -0.25) is 4.79 Å². The van der Waals surface area contributed by atoms with Gasteiger partial charge in [-0.25, -0.2) is 0 Å². The lowest BCUT2D eigenvalue weighted by Gasteiger charge is -2.28. The fraction of sp³-hybridized carbons (Fsp3) is 0.526. The Morgan fingerprint density at radius 3 is 2.85 bits per heavy atom. The molecule has 1 aromatic heterocycles. The largest absolute Gasteiger partial charge is 0.497 e. The standard InChI is InChI=1S/C19H26N4O3/c1-3-12-23(15-10-11-20-13-15)18(24)9-8-17-21-19(22-26-17)14-4-6-16(25-2)7-5-14/h4-7,15,20H,3,8-13H2,1-2H3. The van der Waals surface area contributed by atoms with Crippen molar-refractivity contribution in [2.45, 2.75) is 38.6 Å². The van der Waals surface area contributed by atoms with Crippen LogP contribution in [0.15, 0.2) is 28.8 Å². The predicted molar refractivity (Wildman–Crippen MR) is 97.9 cm³/mol. The number of hydrogen-bond acceptors (Lipinski definition) is 6. The van der Waals surface area contributed by atoms with Crippen LogP contribution >= 0.6 is 0 Å². The zero-order valence-corrected chi connectivity index (χ0v) is 15.4.